The summed E-state index contributed by atoms with van der Waals surface area (Å²) in [4.78, 5) is 14.0. The molecule has 5 heteroatoms. The van der Waals surface area contributed by atoms with Crippen LogP contribution in [0.5, 0.6) is 5.75 Å². The predicted molar refractivity (Wildman–Crippen MR) is 81.2 cm³/mol. The average molecular weight is 292 g/mol. The molecule has 2 unspecified atom stereocenters. The number of hydrogen-bond donors (Lipinski definition) is 1. The van der Waals surface area contributed by atoms with Crippen LogP contribution in [0.2, 0.25) is 0 Å². The van der Waals surface area contributed by atoms with E-state index in [1.165, 1.54) is 0 Å². The quantitative estimate of drug-likeness (QED) is 0.777. The summed E-state index contributed by atoms with van der Waals surface area (Å²) in [7, 11) is 1.67. The van der Waals surface area contributed by atoms with E-state index in [1.807, 2.05) is 36.1 Å². The smallest absolute Gasteiger partial charge is 0.224 e. The second kappa shape index (κ2) is 7.43. The van der Waals surface area contributed by atoms with E-state index in [4.69, 9.17) is 15.2 Å². The van der Waals surface area contributed by atoms with E-state index in [1.54, 1.807) is 7.11 Å². The molecule has 1 aromatic carbocycles. The molecule has 1 fully saturated rings. The Balaban J connectivity index is 2.17. The van der Waals surface area contributed by atoms with Gasteiger partial charge in [-0.25, -0.2) is 0 Å². The van der Waals surface area contributed by atoms with Gasteiger partial charge in [0.1, 0.15) is 5.75 Å². The third-order valence-electron chi connectivity index (χ3n) is 3.73. The van der Waals surface area contributed by atoms with Gasteiger partial charge in [0.25, 0.3) is 0 Å². The van der Waals surface area contributed by atoms with Crippen LogP contribution in [0.4, 0.5) is 0 Å². The maximum absolute atomic E-state index is 12.1. The Morgan fingerprint density at radius 2 is 2.24 bits per heavy atom. The first-order valence-corrected chi connectivity index (χ1v) is 7.44. The molecule has 0 saturated carbocycles. The number of carbonyl (C=O) groups excluding carboxylic acids is 1. The van der Waals surface area contributed by atoms with Crippen LogP contribution in [-0.2, 0) is 9.53 Å². The van der Waals surface area contributed by atoms with E-state index in [2.05, 4.69) is 0 Å². The van der Waals surface area contributed by atoms with E-state index in [-0.39, 0.29) is 18.0 Å². The average Bonchev–Trinajstić information content (AvgIpc) is 2.74. The number of methoxy groups -OCH3 is 1. The molecule has 5 nitrogen and oxygen atoms in total. The summed E-state index contributed by atoms with van der Waals surface area (Å²) in [5.41, 5.74) is 7.22. The topological polar surface area (TPSA) is 64.8 Å². The van der Waals surface area contributed by atoms with Gasteiger partial charge in [0.15, 0.2) is 0 Å². The third-order valence-corrected chi connectivity index (χ3v) is 3.73. The number of nitrogens with two attached hydrogens (primary N) is 1. The lowest BCUT2D eigenvalue weighted by atomic mass is 10.0. The number of rotatable bonds is 7. The summed E-state index contributed by atoms with van der Waals surface area (Å²) < 4.78 is 10.6. The van der Waals surface area contributed by atoms with E-state index < -0.39 is 0 Å². The molecule has 1 aromatic rings. The number of nitrogens with zero attached hydrogens (tertiary/aromatic N) is 1. The van der Waals surface area contributed by atoms with Gasteiger partial charge in [-0.2, -0.15) is 0 Å². The summed E-state index contributed by atoms with van der Waals surface area (Å²) in [6.45, 7) is 3.89. The summed E-state index contributed by atoms with van der Waals surface area (Å²) in [6, 6.07) is 7.62. The van der Waals surface area contributed by atoms with Crippen LogP contribution >= 0.6 is 0 Å². The second-order valence-corrected chi connectivity index (χ2v) is 5.25. The summed E-state index contributed by atoms with van der Waals surface area (Å²) in [6.07, 6.45) is 1.22. The van der Waals surface area contributed by atoms with Gasteiger partial charge in [0, 0.05) is 32.7 Å². The van der Waals surface area contributed by atoms with Gasteiger partial charge in [0.05, 0.1) is 12.6 Å². The first-order chi connectivity index (χ1) is 10.2. The molecule has 2 atom stereocenters. The van der Waals surface area contributed by atoms with Crippen molar-refractivity contribution in [2.24, 2.45) is 5.73 Å². The summed E-state index contributed by atoms with van der Waals surface area (Å²) in [5.74, 6) is 0.934. The minimum Gasteiger partial charge on any atom is -0.494 e. The molecular formula is C16H24N2O3. The number of carbonyl (C=O) groups is 1. The van der Waals surface area contributed by atoms with Crippen LogP contribution in [-0.4, -0.2) is 43.7 Å². The van der Waals surface area contributed by atoms with Crippen molar-refractivity contribution >= 4 is 5.91 Å². The van der Waals surface area contributed by atoms with E-state index in [0.717, 1.165) is 17.7 Å². The highest BCUT2D eigenvalue weighted by Gasteiger charge is 2.38. The highest BCUT2D eigenvalue weighted by molar-refractivity contribution is 5.80. The SMILES string of the molecule is CCOc1cccc(C2C(N)CC(=O)N2CCCOC)c1. The maximum atomic E-state index is 12.1. The van der Waals surface area contributed by atoms with Crippen LogP contribution in [0.3, 0.4) is 0 Å². The number of hydrogen-bond acceptors (Lipinski definition) is 4. The van der Waals surface area contributed by atoms with Crippen LogP contribution < -0.4 is 10.5 Å². The number of amides is 1. The van der Waals surface area contributed by atoms with Crippen molar-refractivity contribution in [2.45, 2.75) is 31.8 Å². The molecule has 0 spiro atoms. The monoisotopic (exact) mass is 292 g/mol. The zero-order valence-corrected chi connectivity index (χ0v) is 12.7. The first-order valence-electron chi connectivity index (χ1n) is 7.44. The molecule has 1 heterocycles. The lowest BCUT2D eigenvalue weighted by Crippen LogP contribution is -2.34. The molecule has 1 aliphatic rings. The van der Waals surface area contributed by atoms with Crippen molar-refractivity contribution in [3.8, 4) is 5.75 Å². The molecule has 21 heavy (non-hydrogen) atoms. The molecule has 116 valence electrons. The Morgan fingerprint density at radius 1 is 1.43 bits per heavy atom. The van der Waals surface area contributed by atoms with Crippen LogP contribution in [0.25, 0.3) is 0 Å². The highest BCUT2D eigenvalue weighted by Crippen LogP contribution is 2.33. The van der Waals surface area contributed by atoms with Gasteiger partial charge in [-0.3, -0.25) is 4.79 Å². The third kappa shape index (κ3) is 3.74. The van der Waals surface area contributed by atoms with Crippen molar-refractivity contribution in [3.63, 3.8) is 0 Å². The fourth-order valence-corrected chi connectivity index (χ4v) is 2.84. The van der Waals surface area contributed by atoms with Crippen LogP contribution in [0, 0.1) is 0 Å². The minimum absolute atomic E-state index is 0.0743. The van der Waals surface area contributed by atoms with Crippen molar-refractivity contribution in [1.82, 2.24) is 4.90 Å². The van der Waals surface area contributed by atoms with Gasteiger partial charge < -0.3 is 20.1 Å². The molecule has 2 rings (SSSR count). The summed E-state index contributed by atoms with van der Waals surface area (Å²) >= 11 is 0. The van der Waals surface area contributed by atoms with E-state index >= 15 is 0 Å². The lowest BCUT2D eigenvalue weighted by molar-refractivity contribution is -0.129. The van der Waals surface area contributed by atoms with E-state index in [9.17, 15) is 4.79 Å². The van der Waals surface area contributed by atoms with Gasteiger partial charge >= 0.3 is 0 Å². The summed E-state index contributed by atoms with van der Waals surface area (Å²) in [5, 5.41) is 0. The molecule has 0 radical (unpaired) electrons. The van der Waals surface area contributed by atoms with Crippen molar-refractivity contribution in [1.29, 1.82) is 0 Å². The van der Waals surface area contributed by atoms with Crippen molar-refractivity contribution < 1.29 is 14.3 Å². The van der Waals surface area contributed by atoms with E-state index in [0.29, 0.717) is 26.2 Å². The zero-order chi connectivity index (χ0) is 15.2. The predicted octanol–water partition coefficient (Wildman–Crippen LogP) is 1.72. The number of benzene rings is 1. The maximum Gasteiger partial charge on any atom is 0.224 e. The molecule has 0 aromatic heterocycles. The van der Waals surface area contributed by atoms with Gasteiger partial charge in [0.2, 0.25) is 5.91 Å². The Kier molecular flexibility index (Phi) is 5.59. The normalized spacial score (nSPS) is 21.9. The molecular weight excluding hydrogens is 268 g/mol. The molecule has 1 aliphatic heterocycles. The Morgan fingerprint density at radius 3 is 2.95 bits per heavy atom. The fourth-order valence-electron chi connectivity index (χ4n) is 2.84. The molecule has 1 saturated heterocycles. The van der Waals surface area contributed by atoms with Crippen molar-refractivity contribution in [2.75, 3.05) is 26.9 Å². The second-order valence-electron chi connectivity index (χ2n) is 5.25. The number of ether oxygens (including phenoxy) is 2. The molecule has 0 bridgehead atoms. The van der Waals surface area contributed by atoms with Gasteiger partial charge in [-0.15, -0.1) is 0 Å². The van der Waals surface area contributed by atoms with Crippen molar-refractivity contribution in [3.05, 3.63) is 29.8 Å². The Bertz CT molecular complexity index is 478. The first kappa shape index (κ1) is 15.8. The lowest BCUT2D eigenvalue weighted by Gasteiger charge is -2.27. The Hall–Kier alpha value is -1.59. The molecule has 1 amide bonds. The van der Waals surface area contributed by atoms with Crippen LogP contribution in [0.1, 0.15) is 31.4 Å². The standard InChI is InChI=1S/C16H24N2O3/c1-3-21-13-7-4-6-12(10-13)16-14(17)11-15(19)18(16)8-5-9-20-2/h4,6-7,10,14,16H,3,5,8-9,11,17H2,1-2H3. The fraction of sp³-hybridized carbons (Fsp3) is 0.562. The van der Waals surface area contributed by atoms with Gasteiger partial charge in [-0.1, -0.05) is 12.1 Å². The zero-order valence-electron chi connectivity index (χ0n) is 12.7. The molecule has 0 aliphatic carbocycles. The Labute approximate surface area is 126 Å². The van der Waals surface area contributed by atoms with Crippen LogP contribution in [0.15, 0.2) is 24.3 Å². The highest BCUT2D eigenvalue weighted by atomic mass is 16.5. The molecule has 2 N–H and O–H groups in total. The largest absolute Gasteiger partial charge is 0.494 e. The minimum atomic E-state index is -0.170. The van der Waals surface area contributed by atoms with Gasteiger partial charge in [-0.05, 0) is 31.0 Å². The number of likely N-dealkylation sites (tertiary alicyclic amines) is 1.